The van der Waals surface area contributed by atoms with E-state index in [9.17, 15) is 5.26 Å². The van der Waals surface area contributed by atoms with E-state index in [-0.39, 0.29) is 12.0 Å². The van der Waals surface area contributed by atoms with Crippen molar-refractivity contribution in [3.63, 3.8) is 0 Å². The molecule has 2 unspecified atom stereocenters. The van der Waals surface area contributed by atoms with Crippen molar-refractivity contribution in [3.05, 3.63) is 27.7 Å². The van der Waals surface area contributed by atoms with Crippen molar-refractivity contribution in [2.75, 3.05) is 5.32 Å². The maximum atomic E-state index is 9.26. The largest absolute Gasteiger partial charge is 0.380 e. The van der Waals surface area contributed by atoms with Crippen molar-refractivity contribution >= 4 is 33.2 Å². The van der Waals surface area contributed by atoms with Crippen LogP contribution in [0, 0.1) is 17.2 Å². The highest BCUT2D eigenvalue weighted by Gasteiger charge is 2.23. The summed E-state index contributed by atoms with van der Waals surface area (Å²) in [5, 5.41) is 13.4. The second-order valence-corrected chi connectivity index (χ2v) is 5.93. The highest BCUT2D eigenvalue weighted by Crippen LogP contribution is 2.33. The monoisotopic (exact) mass is 326 g/mol. The molecule has 1 fully saturated rings. The SMILES string of the molecule is N#CC1CCCCCC1Nc1cccc(Cl)c1Br. The van der Waals surface area contributed by atoms with E-state index in [1.807, 2.05) is 18.2 Å². The molecule has 0 saturated heterocycles. The minimum absolute atomic E-state index is 0.0957. The summed E-state index contributed by atoms with van der Waals surface area (Å²) < 4.78 is 0.882. The van der Waals surface area contributed by atoms with Gasteiger partial charge in [0, 0.05) is 6.04 Å². The van der Waals surface area contributed by atoms with Crippen molar-refractivity contribution in [2.45, 2.75) is 38.1 Å². The van der Waals surface area contributed by atoms with Crippen molar-refractivity contribution in [3.8, 4) is 6.07 Å². The van der Waals surface area contributed by atoms with Crippen LogP contribution in [0.1, 0.15) is 32.1 Å². The molecular formula is C14H16BrClN2. The Balaban J connectivity index is 2.16. The van der Waals surface area contributed by atoms with Crippen molar-refractivity contribution < 1.29 is 0 Å². The smallest absolute Gasteiger partial charge is 0.0677 e. The van der Waals surface area contributed by atoms with E-state index >= 15 is 0 Å². The van der Waals surface area contributed by atoms with Crippen LogP contribution < -0.4 is 5.32 Å². The Bertz CT molecular complexity index is 456. The molecule has 4 heteroatoms. The number of nitrogens with one attached hydrogen (secondary N) is 1. The van der Waals surface area contributed by atoms with E-state index in [4.69, 9.17) is 11.6 Å². The third-order valence-corrected chi connectivity index (χ3v) is 4.87. The van der Waals surface area contributed by atoms with Gasteiger partial charge >= 0.3 is 0 Å². The summed E-state index contributed by atoms with van der Waals surface area (Å²) in [6, 6.07) is 8.44. The number of nitriles is 1. The molecule has 1 saturated carbocycles. The van der Waals surface area contributed by atoms with Crippen LogP contribution in [0.5, 0.6) is 0 Å². The second-order valence-electron chi connectivity index (χ2n) is 4.73. The first-order valence-corrected chi connectivity index (χ1v) is 7.49. The lowest BCUT2D eigenvalue weighted by Crippen LogP contribution is -2.27. The molecule has 0 heterocycles. The predicted molar refractivity (Wildman–Crippen MR) is 78.8 cm³/mol. The van der Waals surface area contributed by atoms with Gasteiger partial charge in [0.25, 0.3) is 0 Å². The number of nitrogens with zero attached hydrogens (tertiary/aromatic N) is 1. The zero-order valence-electron chi connectivity index (χ0n) is 10.1. The predicted octanol–water partition coefficient (Wildman–Crippen LogP) is 4.99. The van der Waals surface area contributed by atoms with E-state index in [2.05, 4.69) is 27.3 Å². The van der Waals surface area contributed by atoms with Gasteiger partial charge in [0.1, 0.15) is 0 Å². The highest BCUT2D eigenvalue weighted by molar-refractivity contribution is 9.10. The van der Waals surface area contributed by atoms with Gasteiger partial charge in [-0.15, -0.1) is 0 Å². The normalized spacial score (nSPS) is 24.1. The Hall–Kier alpha value is -0.720. The molecular weight excluding hydrogens is 312 g/mol. The third kappa shape index (κ3) is 3.18. The summed E-state index contributed by atoms with van der Waals surface area (Å²) in [6.07, 6.45) is 5.62. The molecule has 2 rings (SSSR count). The van der Waals surface area contributed by atoms with Crippen LogP contribution in [-0.2, 0) is 0 Å². The van der Waals surface area contributed by atoms with Gasteiger partial charge in [-0.3, -0.25) is 0 Å². The van der Waals surface area contributed by atoms with Crippen LogP contribution >= 0.6 is 27.5 Å². The first-order chi connectivity index (χ1) is 8.72. The summed E-state index contributed by atoms with van der Waals surface area (Å²) in [6.45, 7) is 0. The van der Waals surface area contributed by atoms with Crippen molar-refractivity contribution in [1.82, 2.24) is 0 Å². The molecule has 0 radical (unpaired) electrons. The van der Waals surface area contributed by atoms with Gasteiger partial charge in [0.05, 0.1) is 27.2 Å². The average Bonchev–Trinajstić information content (AvgIpc) is 2.60. The lowest BCUT2D eigenvalue weighted by Gasteiger charge is -2.23. The number of hydrogen-bond acceptors (Lipinski definition) is 2. The fraction of sp³-hybridized carbons (Fsp3) is 0.500. The van der Waals surface area contributed by atoms with Gasteiger partial charge in [-0.1, -0.05) is 36.9 Å². The molecule has 0 bridgehead atoms. The van der Waals surface area contributed by atoms with Crippen LogP contribution in [0.15, 0.2) is 22.7 Å². The number of hydrogen-bond donors (Lipinski definition) is 1. The molecule has 1 aliphatic rings. The number of halogens is 2. The van der Waals surface area contributed by atoms with E-state index in [1.165, 1.54) is 12.8 Å². The Morgan fingerprint density at radius 3 is 2.83 bits per heavy atom. The summed E-state index contributed by atoms with van der Waals surface area (Å²) >= 11 is 9.57. The van der Waals surface area contributed by atoms with Crippen molar-refractivity contribution in [1.29, 1.82) is 5.26 Å². The van der Waals surface area contributed by atoms with E-state index < -0.39 is 0 Å². The molecule has 18 heavy (non-hydrogen) atoms. The maximum Gasteiger partial charge on any atom is 0.0677 e. The van der Waals surface area contributed by atoms with Gasteiger partial charge in [0.2, 0.25) is 0 Å². The molecule has 0 aliphatic heterocycles. The van der Waals surface area contributed by atoms with Crippen LogP contribution in [-0.4, -0.2) is 6.04 Å². The van der Waals surface area contributed by atoms with Crippen molar-refractivity contribution in [2.24, 2.45) is 5.92 Å². The fourth-order valence-electron chi connectivity index (χ4n) is 2.45. The first-order valence-electron chi connectivity index (χ1n) is 6.32. The topological polar surface area (TPSA) is 35.8 Å². The average molecular weight is 328 g/mol. The highest BCUT2D eigenvalue weighted by atomic mass is 79.9. The Labute approximate surface area is 121 Å². The molecule has 96 valence electrons. The third-order valence-electron chi connectivity index (χ3n) is 3.47. The molecule has 0 spiro atoms. The molecule has 0 amide bonds. The Morgan fingerprint density at radius 1 is 1.28 bits per heavy atom. The quantitative estimate of drug-likeness (QED) is 0.777. The Morgan fingerprint density at radius 2 is 2.06 bits per heavy atom. The summed E-state index contributed by atoms with van der Waals surface area (Å²) in [4.78, 5) is 0. The van der Waals surface area contributed by atoms with Crippen LogP contribution in [0.4, 0.5) is 5.69 Å². The maximum absolute atomic E-state index is 9.26. The molecule has 2 atom stereocenters. The molecule has 1 aliphatic carbocycles. The molecule has 1 aromatic rings. The summed E-state index contributed by atoms with van der Waals surface area (Å²) in [7, 11) is 0. The van der Waals surface area contributed by atoms with Crippen LogP contribution in [0.3, 0.4) is 0 Å². The number of anilines is 1. The summed E-state index contributed by atoms with van der Waals surface area (Å²) in [5.41, 5.74) is 0.981. The van der Waals surface area contributed by atoms with Crippen LogP contribution in [0.2, 0.25) is 5.02 Å². The van der Waals surface area contributed by atoms with Gasteiger partial charge in [0.15, 0.2) is 0 Å². The fourth-order valence-corrected chi connectivity index (χ4v) is 3.00. The van der Waals surface area contributed by atoms with Gasteiger partial charge in [-0.05, 0) is 40.9 Å². The lowest BCUT2D eigenvalue weighted by molar-refractivity contribution is 0.514. The summed E-state index contributed by atoms with van der Waals surface area (Å²) in [5.74, 6) is 0.0957. The molecule has 1 N–H and O–H groups in total. The van der Waals surface area contributed by atoms with E-state index in [0.717, 1.165) is 29.4 Å². The minimum Gasteiger partial charge on any atom is -0.380 e. The Kier molecular flexibility index (Phi) is 4.91. The molecule has 2 nitrogen and oxygen atoms in total. The van der Waals surface area contributed by atoms with Gasteiger partial charge < -0.3 is 5.32 Å². The van der Waals surface area contributed by atoms with Gasteiger partial charge in [-0.2, -0.15) is 5.26 Å². The van der Waals surface area contributed by atoms with E-state index in [1.54, 1.807) is 0 Å². The number of benzene rings is 1. The van der Waals surface area contributed by atoms with Gasteiger partial charge in [-0.25, -0.2) is 0 Å². The van der Waals surface area contributed by atoms with E-state index in [0.29, 0.717) is 5.02 Å². The van der Waals surface area contributed by atoms with Crippen LogP contribution in [0.25, 0.3) is 0 Å². The standard InChI is InChI=1S/C14H16BrClN2/c15-14-11(16)6-4-8-13(14)18-12-7-3-1-2-5-10(12)9-17/h4,6,8,10,12,18H,1-3,5,7H2. The zero-order chi connectivity index (χ0) is 13.0. The second kappa shape index (κ2) is 6.45. The zero-order valence-corrected chi connectivity index (χ0v) is 12.5. The number of rotatable bonds is 2. The lowest BCUT2D eigenvalue weighted by atomic mass is 9.96. The molecule has 1 aromatic carbocycles. The first kappa shape index (κ1) is 13.7. The molecule has 0 aromatic heterocycles. The minimum atomic E-state index is 0.0957.